The molecular weight excluding hydrogens is 359 g/mol. The number of carbonyl (C=O) groups is 1. The van der Waals surface area contributed by atoms with E-state index in [1.807, 2.05) is 42.1 Å². The molecule has 0 N–H and O–H groups in total. The molecule has 150 valence electrons. The van der Waals surface area contributed by atoms with Gasteiger partial charge in [0.25, 0.3) is 0 Å². The molecule has 1 aliphatic rings. The van der Waals surface area contributed by atoms with Crippen LogP contribution in [0.4, 0.5) is 4.39 Å². The number of nitrogens with zero attached hydrogens (tertiary/aromatic N) is 2. The minimum Gasteiger partial charge on any atom is -0.491 e. The first kappa shape index (κ1) is 20.3. The van der Waals surface area contributed by atoms with Crippen LogP contribution < -0.4 is 4.74 Å². The lowest BCUT2D eigenvalue weighted by atomic mass is 10.0. The van der Waals surface area contributed by atoms with Gasteiger partial charge in [0, 0.05) is 25.1 Å². The minimum atomic E-state index is -0.281. The SMILES string of the molecule is CN(C)CC(=O)N1CCOCCOc2ccc(F)cc2Cc2cccc(c2)C1. The van der Waals surface area contributed by atoms with Crippen molar-refractivity contribution in [2.75, 3.05) is 47.0 Å². The molecule has 28 heavy (non-hydrogen) atoms. The van der Waals surface area contributed by atoms with Crippen LogP contribution in [0.1, 0.15) is 16.7 Å². The molecule has 1 aliphatic heterocycles. The van der Waals surface area contributed by atoms with Crippen LogP contribution in [0.5, 0.6) is 5.75 Å². The molecule has 0 aromatic heterocycles. The van der Waals surface area contributed by atoms with Crippen molar-refractivity contribution in [3.8, 4) is 5.75 Å². The van der Waals surface area contributed by atoms with Gasteiger partial charge < -0.3 is 19.3 Å². The van der Waals surface area contributed by atoms with Crippen molar-refractivity contribution >= 4 is 5.91 Å². The van der Waals surface area contributed by atoms with E-state index in [-0.39, 0.29) is 11.7 Å². The average Bonchev–Trinajstić information content (AvgIpc) is 2.64. The van der Waals surface area contributed by atoms with E-state index >= 15 is 0 Å². The summed E-state index contributed by atoms with van der Waals surface area (Å²) in [5.74, 6) is 0.460. The smallest absolute Gasteiger partial charge is 0.237 e. The number of rotatable bonds is 2. The van der Waals surface area contributed by atoms with Crippen LogP contribution in [0.25, 0.3) is 0 Å². The number of carbonyl (C=O) groups excluding carboxylic acids is 1. The van der Waals surface area contributed by atoms with E-state index in [0.717, 1.165) is 16.7 Å². The summed E-state index contributed by atoms with van der Waals surface area (Å²) in [6, 6.07) is 12.7. The van der Waals surface area contributed by atoms with Crippen LogP contribution in [-0.2, 0) is 22.5 Å². The predicted molar refractivity (Wildman–Crippen MR) is 106 cm³/mol. The Labute approximate surface area is 165 Å². The Morgan fingerprint density at radius 3 is 2.75 bits per heavy atom. The van der Waals surface area contributed by atoms with Crippen molar-refractivity contribution in [1.82, 2.24) is 9.80 Å². The fourth-order valence-electron chi connectivity index (χ4n) is 3.26. The third-order valence-corrected chi connectivity index (χ3v) is 4.58. The Morgan fingerprint density at radius 1 is 1.11 bits per heavy atom. The zero-order valence-corrected chi connectivity index (χ0v) is 16.5. The molecule has 2 bridgehead atoms. The van der Waals surface area contributed by atoms with Crippen molar-refractivity contribution < 1.29 is 18.7 Å². The van der Waals surface area contributed by atoms with Gasteiger partial charge in [0.2, 0.25) is 5.91 Å². The first-order valence-corrected chi connectivity index (χ1v) is 9.50. The Balaban J connectivity index is 1.86. The van der Waals surface area contributed by atoms with Gasteiger partial charge >= 0.3 is 0 Å². The van der Waals surface area contributed by atoms with Gasteiger partial charge in [0.1, 0.15) is 18.2 Å². The quantitative estimate of drug-likeness (QED) is 0.796. The second-order valence-electron chi connectivity index (χ2n) is 7.26. The van der Waals surface area contributed by atoms with Crippen molar-refractivity contribution in [1.29, 1.82) is 0 Å². The van der Waals surface area contributed by atoms with Gasteiger partial charge in [-0.05, 0) is 43.4 Å². The summed E-state index contributed by atoms with van der Waals surface area (Å²) < 4.78 is 25.2. The molecule has 0 aliphatic carbocycles. The first-order chi connectivity index (χ1) is 13.5. The lowest BCUT2D eigenvalue weighted by Gasteiger charge is -2.25. The highest BCUT2D eigenvalue weighted by atomic mass is 19.1. The maximum absolute atomic E-state index is 13.8. The van der Waals surface area contributed by atoms with Crippen molar-refractivity contribution in [2.45, 2.75) is 13.0 Å². The predicted octanol–water partition coefficient (Wildman–Crippen LogP) is 2.72. The molecule has 0 saturated carbocycles. The Hall–Kier alpha value is -2.44. The van der Waals surface area contributed by atoms with Crippen LogP contribution in [0, 0.1) is 5.82 Å². The van der Waals surface area contributed by atoms with Gasteiger partial charge in [-0.25, -0.2) is 4.39 Å². The van der Waals surface area contributed by atoms with Gasteiger partial charge in [0.05, 0.1) is 19.8 Å². The number of hydrogen-bond acceptors (Lipinski definition) is 4. The summed E-state index contributed by atoms with van der Waals surface area (Å²) in [6.45, 7) is 2.64. The maximum atomic E-state index is 13.8. The largest absolute Gasteiger partial charge is 0.491 e. The van der Waals surface area contributed by atoms with Gasteiger partial charge in [0.15, 0.2) is 0 Å². The molecule has 2 aromatic rings. The molecule has 0 fully saturated rings. The third kappa shape index (κ3) is 5.78. The number of halogens is 1. The minimum absolute atomic E-state index is 0.0646. The Kier molecular flexibility index (Phi) is 7.01. The van der Waals surface area contributed by atoms with Crippen LogP contribution in [0.3, 0.4) is 0 Å². The molecule has 0 saturated heterocycles. The molecule has 5 nitrogen and oxygen atoms in total. The lowest BCUT2D eigenvalue weighted by Crippen LogP contribution is -2.39. The van der Waals surface area contributed by atoms with E-state index in [1.54, 1.807) is 6.07 Å². The summed E-state index contributed by atoms with van der Waals surface area (Å²) in [6.07, 6.45) is 0.563. The van der Waals surface area contributed by atoms with E-state index in [1.165, 1.54) is 12.1 Å². The van der Waals surface area contributed by atoms with E-state index in [9.17, 15) is 9.18 Å². The van der Waals surface area contributed by atoms with E-state index in [4.69, 9.17) is 9.47 Å². The molecule has 0 atom stereocenters. The van der Waals surface area contributed by atoms with Crippen molar-refractivity contribution in [3.63, 3.8) is 0 Å². The van der Waals surface area contributed by atoms with E-state index < -0.39 is 0 Å². The van der Waals surface area contributed by atoms with E-state index in [0.29, 0.717) is 51.6 Å². The van der Waals surface area contributed by atoms with Crippen LogP contribution in [0.2, 0.25) is 0 Å². The van der Waals surface area contributed by atoms with Gasteiger partial charge in [-0.15, -0.1) is 0 Å². The third-order valence-electron chi connectivity index (χ3n) is 4.58. The Bertz CT molecular complexity index is 810. The number of amides is 1. The molecule has 1 heterocycles. The molecule has 0 radical (unpaired) electrons. The number of benzene rings is 2. The second-order valence-corrected chi connectivity index (χ2v) is 7.26. The maximum Gasteiger partial charge on any atom is 0.237 e. The molecule has 3 rings (SSSR count). The molecule has 2 aromatic carbocycles. The number of likely N-dealkylation sites (N-methyl/N-ethyl adjacent to an activating group) is 1. The fourth-order valence-corrected chi connectivity index (χ4v) is 3.26. The molecule has 0 spiro atoms. The number of ether oxygens (including phenoxy) is 2. The highest BCUT2D eigenvalue weighted by Gasteiger charge is 2.16. The zero-order valence-electron chi connectivity index (χ0n) is 16.5. The molecule has 0 unspecified atom stereocenters. The zero-order chi connectivity index (χ0) is 19.9. The van der Waals surface area contributed by atoms with Gasteiger partial charge in [-0.2, -0.15) is 0 Å². The summed E-state index contributed by atoms with van der Waals surface area (Å²) >= 11 is 0. The fraction of sp³-hybridized carbons (Fsp3) is 0.409. The highest BCUT2D eigenvalue weighted by Crippen LogP contribution is 2.24. The molecule has 1 amide bonds. The van der Waals surface area contributed by atoms with Crippen molar-refractivity contribution in [2.24, 2.45) is 0 Å². The molecular formula is C22H27FN2O3. The van der Waals surface area contributed by atoms with Crippen molar-refractivity contribution in [3.05, 3.63) is 65.0 Å². The standard InChI is InChI=1S/C22H27FN2O3/c1-24(2)16-22(26)25-8-9-27-10-11-28-21-7-6-20(23)14-19(21)13-17-4-3-5-18(12-17)15-25/h3-7,12,14H,8-11,13,15-16H2,1-2H3. The molecule has 6 heteroatoms. The second kappa shape index (κ2) is 9.66. The first-order valence-electron chi connectivity index (χ1n) is 9.50. The average molecular weight is 386 g/mol. The summed E-state index contributed by atoms with van der Waals surface area (Å²) in [7, 11) is 3.76. The van der Waals surface area contributed by atoms with Gasteiger partial charge in [-0.3, -0.25) is 4.79 Å². The highest BCUT2D eigenvalue weighted by molar-refractivity contribution is 5.78. The monoisotopic (exact) mass is 386 g/mol. The normalized spacial score (nSPS) is 15.5. The number of hydrogen-bond donors (Lipinski definition) is 0. The lowest BCUT2D eigenvalue weighted by molar-refractivity contribution is -0.133. The summed E-state index contributed by atoms with van der Waals surface area (Å²) in [5.41, 5.74) is 2.90. The van der Waals surface area contributed by atoms with Crippen LogP contribution in [-0.4, -0.2) is 62.7 Å². The van der Waals surface area contributed by atoms with Crippen LogP contribution >= 0.6 is 0 Å². The van der Waals surface area contributed by atoms with Crippen LogP contribution in [0.15, 0.2) is 42.5 Å². The number of fused-ring (bicyclic) bond motifs is 3. The Morgan fingerprint density at radius 2 is 1.93 bits per heavy atom. The van der Waals surface area contributed by atoms with E-state index in [2.05, 4.69) is 6.07 Å². The van der Waals surface area contributed by atoms with Gasteiger partial charge in [-0.1, -0.05) is 24.3 Å². The summed E-state index contributed by atoms with van der Waals surface area (Å²) in [5, 5.41) is 0. The summed E-state index contributed by atoms with van der Waals surface area (Å²) in [4.78, 5) is 16.3. The topological polar surface area (TPSA) is 42.0 Å².